The van der Waals surface area contributed by atoms with Crippen molar-refractivity contribution in [3.63, 3.8) is 0 Å². The van der Waals surface area contributed by atoms with Crippen LogP contribution in [0.25, 0.3) is 10.8 Å². The molecule has 1 fully saturated rings. The van der Waals surface area contributed by atoms with Crippen molar-refractivity contribution in [3.8, 4) is 5.75 Å². The molecular weight excluding hydrogens is 226 g/mol. The van der Waals surface area contributed by atoms with Gasteiger partial charge in [0.05, 0.1) is 0 Å². The van der Waals surface area contributed by atoms with E-state index >= 15 is 0 Å². The predicted molar refractivity (Wildman–Crippen MR) is 73.1 cm³/mol. The first kappa shape index (κ1) is 11.3. The van der Waals surface area contributed by atoms with Gasteiger partial charge in [-0.2, -0.15) is 0 Å². The van der Waals surface area contributed by atoms with E-state index in [0.717, 1.165) is 36.2 Å². The molecule has 94 valence electrons. The Morgan fingerprint density at radius 3 is 3.11 bits per heavy atom. The second kappa shape index (κ2) is 4.46. The number of anilines is 1. The summed E-state index contributed by atoms with van der Waals surface area (Å²) in [5.74, 6) is 1.26. The van der Waals surface area contributed by atoms with Crippen LogP contribution >= 0.6 is 0 Å². The molecule has 1 aromatic heterocycles. The fourth-order valence-corrected chi connectivity index (χ4v) is 2.52. The minimum atomic E-state index is 0.292. The Hall–Kier alpha value is -1.81. The number of aromatic hydroxyl groups is 1. The van der Waals surface area contributed by atoms with Gasteiger partial charge in [-0.25, -0.2) is 4.98 Å². The highest BCUT2D eigenvalue weighted by molar-refractivity contribution is 5.93. The van der Waals surface area contributed by atoms with Crippen molar-refractivity contribution in [1.29, 1.82) is 0 Å². The molecule has 0 saturated carbocycles. The topological polar surface area (TPSA) is 48.4 Å². The van der Waals surface area contributed by atoms with E-state index in [9.17, 15) is 5.11 Å². The van der Waals surface area contributed by atoms with Crippen LogP contribution in [0.3, 0.4) is 0 Å². The lowest BCUT2D eigenvalue weighted by atomic mass is 10.1. The summed E-state index contributed by atoms with van der Waals surface area (Å²) >= 11 is 0. The lowest BCUT2D eigenvalue weighted by molar-refractivity contribution is 0.475. The molecule has 0 unspecified atom stereocenters. The van der Waals surface area contributed by atoms with Gasteiger partial charge in [0.15, 0.2) is 0 Å². The van der Waals surface area contributed by atoms with Gasteiger partial charge in [-0.1, -0.05) is 6.07 Å². The SMILES string of the molecule is C[C@@H]1CN(c2nccc3ccc(O)cc23)CCN1. The van der Waals surface area contributed by atoms with E-state index in [1.54, 1.807) is 12.1 Å². The molecule has 1 aliphatic rings. The second-order valence-corrected chi connectivity index (χ2v) is 4.84. The molecule has 4 heteroatoms. The molecule has 0 amide bonds. The minimum absolute atomic E-state index is 0.292. The number of piperazine rings is 1. The molecule has 0 bridgehead atoms. The summed E-state index contributed by atoms with van der Waals surface area (Å²) < 4.78 is 0. The predicted octanol–water partition coefficient (Wildman–Crippen LogP) is 1.74. The number of phenols is 1. The molecule has 1 atom stereocenters. The second-order valence-electron chi connectivity index (χ2n) is 4.84. The van der Waals surface area contributed by atoms with Crippen LogP contribution in [0, 0.1) is 0 Å². The maximum absolute atomic E-state index is 9.65. The number of phenolic OH excluding ortho intramolecular Hbond substituents is 1. The van der Waals surface area contributed by atoms with Crippen molar-refractivity contribution in [3.05, 3.63) is 30.5 Å². The van der Waals surface area contributed by atoms with Crippen LogP contribution in [0.2, 0.25) is 0 Å². The summed E-state index contributed by atoms with van der Waals surface area (Å²) in [6.45, 7) is 5.04. The highest BCUT2D eigenvalue weighted by Gasteiger charge is 2.18. The van der Waals surface area contributed by atoms with Crippen LogP contribution in [-0.4, -0.2) is 35.8 Å². The van der Waals surface area contributed by atoms with Crippen LogP contribution in [0.1, 0.15) is 6.92 Å². The lowest BCUT2D eigenvalue weighted by Crippen LogP contribution is -2.49. The number of fused-ring (bicyclic) bond motifs is 1. The van der Waals surface area contributed by atoms with E-state index in [0.29, 0.717) is 11.8 Å². The smallest absolute Gasteiger partial charge is 0.136 e. The van der Waals surface area contributed by atoms with Crippen LogP contribution in [0.15, 0.2) is 30.5 Å². The van der Waals surface area contributed by atoms with Gasteiger partial charge in [0.2, 0.25) is 0 Å². The largest absolute Gasteiger partial charge is 0.508 e. The molecule has 0 spiro atoms. The van der Waals surface area contributed by atoms with Crippen molar-refractivity contribution < 1.29 is 5.11 Å². The molecule has 2 N–H and O–H groups in total. The first-order valence-corrected chi connectivity index (χ1v) is 6.30. The van der Waals surface area contributed by atoms with Crippen molar-refractivity contribution in [2.24, 2.45) is 0 Å². The van der Waals surface area contributed by atoms with Crippen LogP contribution < -0.4 is 10.2 Å². The molecule has 0 radical (unpaired) electrons. The molecule has 1 saturated heterocycles. The van der Waals surface area contributed by atoms with Gasteiger partial charge in [-0.15, -0.1) is 0 Å². The number of aromatic nitrogens is 1. The normalized spacial score (nSPS) is 20.3. The summed E-state index contributed by atoms with van der Waals surface area (Å²) in [5, 5.41) is 15.2. The fraction of sp³-hybridized carbons (Fsp3) is 0.357. The summed E-state index contributed by atoms with van der Waals surface area (Å²) in [4.78, 5) is 6.77. The number of pyridine rings is 1. The summed E-state index contributed by atoms with van der Waals surface area (Å²) in [6, 6.07) is 7.88. The molecule has 0 aliphatic carbocycles. The van der Waals surface area contributed by atoms with Gasteiger partial charge in [0.25, 0.3) is 0 Å². The van der Waals surface area contributed by atoms with Crippen LogP contribution in [0.5, 0.6) is 5.75 Å². The number of hydrogen-bond acceptors (Lipinski definition) is 4. The number of nitrogens with zero attached hydrogens (tertiary/aromatic N) is 2. The Labute approximate surface area is 106 Å². The highest BCUT2D eigenvalue weighted by Crippen LogP contribution is 2.28. The molecular formula is C14H17N3O. The third-order valence-corrected chi connectivity index (χ3v) is 3.40. The van der Waals surface area contributed by atoms with E-state index in [2.05, 4.69) is 22.1 Å². The van der Waals surface area contributed by atoms with Crippen LogP contribution in [-0.2, 0) is 0 Å². The number of nitrogens with one attached hydrogen (secondary N) is 1. The Balaban J connectivity index is 2.07. The Kier molecular flexibility index (Phi) is 2.80. The highest BCUT2D eigenvalue weighted by atomic mass is 16.3. The monoisotopic (exact) mass is 243 g/mol. The van der Waals surface area contributed by atoms with Gasteiger partial charge in [-0.05, 0) is 30.5 Å². The van der Waals surface area contributed by atoms with E-state index in [1.807, 2.05) is 18.3 Å². The van der Waals surface area contributed by atoms with Crippen molar-refractivity contribution in [2.45, 2.75) is 13.0 Å². The van der Waals surface area contributed by atoms with Gasteiger partial charge in [0.1, 0.15) is 11.6 Å². The van der Waals surface area contributed by atoms with E-state index in [-0.39, 0.29) is 0 Å². The molecule has 3 rings (SSSR count). The first-order chi connectivity index (χ1) is 8.74. The first-order valence-electron chi connectivity index (χ1n) is 6.30. The Bertz CT molecular complexity index is 570. The van der Waals surface area contributed by atoms with E-state index < -0.39 is 0 Å². The number of hydrogen-bond donors (Lipinski definition) is 2. The van der Waals surface area contributed by atoms with Gasteiger partial charge in [0, 0.05) is 37.3 Å². The van der Waals surface area contributed by atoms with Crippen molar-refractivity contribution in [2.75, 3.05) is 24.5 Å². The summed E-state index contributed by atoms with van der Waals surface area (Å²) in [5.41, 5.74) is 0. The zero-order valence-electron chi connectivity index (χ0n) is 10.4. The zero-order valence-corrected chi connectivity index (χ0v) is 10.4. The van der Waals surface area contributed by atoms with E-state index in [4.69, 9.17) is 0 Å². The average molecular weight is 243 g/mol. The average Bonchev–Trinajstić information content (AvgIpc) is 2.38. The van der Waals surface area contributed by atoms with Crippen LogP contribution in [0.4, 0.5) is 5.82 Å². The number of rotatable bonds is 1. The summed E-state index contributed by atoms with van der Waals surface area (Å²) in [6.07, 6.45) is 1.83. The third-order valence-electron chi connectivity index (χ3n) is 3.40. The molecule has 2 heterocycles. The van der Waals surface area contributed by atoms with E-state index in [1.165, 1.54) is 0 Å². The number of benzene rings is 1. The fourth-order valence-electron chi connectivity index (χ4n) is 2.52. The maximum atomic E-state index is 9.65. The molecule has 1 aromatic carbocycles. The quantitative estimate of drug-likeness (QED) is 0.801. The van der Waals surface area contributed by atoms with Crippen molar-refractivity contribution >= 4 is 16.6 Å². The maximum Gasteiger partial charge on any atom is 0.136 e. The minimum Gasteiger partial charge on any atom is -0.508 e. The molecule has 18 heavy (non-hydrogen) atoms. The Morgan fingerprint density at radius 1 is 1.39 bits per heavy atom. The van der Waals surface area contributed by atoms with Crippen molar-refractivity contribution in [1.82, 2.24) is 10.3 Å². The van der Waals surface area contributed by atoms with Gasteiger partial charge in [-0.3, -0.25) is 0 Å². The zero-order chi connectivity index (χ0) is 12.5. The summed E-state index contributed by atoms with van der Waals surface area (Å²) in [7, 11) is 0. The molecule has 4 nitrogen and oxygen atoms in total. The standard InChI is InChI=1S/C14H17N3O/c1-10-9-17(7-6-15-10)14-13-8-12(18)3-2-11(13)4-5-16-14/h2-5,8,10,15,18H,6-7,9H2,1H3/t10-/m1/s1. The molecule has 2 aromatic rings. The Morgan fingerprint density at radius 2 is 2.28 bits per heavy atom. The molecule has 1 aliphatic heterocycles. The lowest BCUT2D eigenvalue weighted by Gasteiger charge is -2.33. The van der Waals surface area contributed by atoms with Gasteiger partial charge >= 0.3 is 0 Å². The third kappa shape index (κ3) is 1.99. The van der Waals surface area contributed by atoms with Gasteiger partial charge < -0.3 is 15.3 Å².